The Morgan fingerprint density at radius 2 is 1.83 bits per heavy atom. The van der Waals surface area contributed by atoms with Gasteiger partial charge in [-0.25, -0.2) is 19.3 Å². The summed E-state index contributed by atoms with van der Waals surface area (Å²) in [6.07, 6.45) is 7.41. The first-order valence-electron chi connectivity index (χ1n) is 14.4. The molecule has 0 atom stereocenters. The second kappa shape index (κ2) is 13.1. The van der Waals surface area contributed by atoms with E-state index in [4.69, 9.17) is 19.4 Å². The van der Waals surface area contributed by atoms with Crippen LogP contribution in [-0.2, 0) is 14.3 Å². The van der Waals surface area contributed by atoms with Gasteiger partial charge in [-0.2, -0.15) is 0 Å². The zero-order valence-corrected chi connectivity index (χ0v) is 24.1. The summed E-state index contributed by atoms with van der Waals surface area (Å²) in [4.78, 5) is 32.4. The minimum atomic E-state index is -0.789. The molecule has 220 valence electrons. The Morgan fingerprint density at radius 1 is 1.10 bits per heavy atom. The van der Waals surface area contributed by atoms with Crippen molar-refractivity contribution >= 4 is 11.9 Å². The van der Waals surface area contributed by atoms with Crippen molar-refractivity contribution in [3.05, 3.63) is 48.2 Å². The Hall–Kier alpha value is -3.41. The summed E-state index contributed by atoms with van der Waals surface area (Å²) in [7, 11) is 4.08. The third-order valence-corrected chi connectivity index (χ3v) is 7.64. The number of carbonyl (C=O) groups is 1. The number of ether oxygens (including phenoxy) is 2. The lowest BCUT2D eigenvalue weighted by molar-refractivity contribution is -0.231. The number of nitrogens with zero attached hydrogens (tertiary/aromatic N) is 4. The standard InChI is InChI=1S/C30H40FN7O3/c1-30(28(39)34-22-8-5-4-6-9-22)18-40-27(41-19-30)26-36-24(20-10-12-21(31)13-11-20)25(37-26)23-14-16-33-29(35-23)32-15-7-17-38(2)3/h10-14,16,22,27H,4-9,15,17-19H2,1-3H3,(H,34,39)(H,36,37)(H,32,33,35). The number of hydrogen-bond donors (Lipinski definition) is 3. The van der Waals surface area contributed by atoms with Crippen molar-refractivity contribution in [3.8, 4) is 22.6 Å². The highest BCUT2D eigenvalue weighted by Gasteiger charge is 2.41. The van der Waals surface area contributed by atoms with Gasteiger partial charge in [0.1, 0.15) is 5.82 Å². The maximum absolute atomic E-state index is 13.7. The number of anilines is 1. The first-order chi connectivity index (χ1) is 19.8. The average molecular weight is 566 g/mol. The topological polar surface area (TPSA) is 117 Å². The van der Waals surface area contributed by atoms with Gasteiger partial charge >= 0.3 is 0 Å². The molecule has 2 fully saturated rings. The van der Waals surface area contributed by atoms with Crippen molar-refractivity contribution in [2.75, 3.05) is 45.7 Å². The summed E-state index contributed by atoms with van der Waals surface area (Å²) in [6, 6.07) is 8.16. The maximum Gasteiger partial charge on any atom is 0.230 e. The van der Waals surface area contributed by atoms with Gasteiger partial charge in [0.2, 0.25) is 18.1 Å². The van der Waals surface area contributed by atoms with E-state index >= 15 is 0 Å². The van der Waals surface area contributed by atoms with Gasteiger partial charge in [0.25, 0.3) is 0 Å². The molecule has 2 aliphatic rings. The number of aromatic nitrogens is 4. The molecule has 0 unspecified atom stereocenters. The molecule has 3 heterocycles. The van der Waals surface area contributed by atoms with Crippen LogP contribution < -0.4 is 10.6 Å². The number of halogens is 1. The number of hydrogen-bond acceptors (Lipinski definition) is 8. The number of nitrogens with one attached hydrogen (secondary N) is 3. The van der Waals surface area contributed by atoms with Crippen LogP contribution in [0.1, 0.15) is 57.6 Å². The van der Waals surface area contributed by atoms with E-state index < -0.39 is 11.7 Å². The van der Waals surface area contributed by atoms with Crippen LogP contribution in [-0.4, -0.2) is 77.2 Å². The molecule has 0 bridgehead atoms. The number of aromatic amines is 1. The molecule has 10 nitrogen and oxygen atoms in total. The highest BCUT2D eigenvalue weighted by atomic mass is 19.1. The van der Waals surface area contributed by atoms with Crippen LogP contribution in [0.3, 0.4) is 0 Å². The fourth-order valence-corrected chi connectivity index (χ4v) is 5.19. The molecule has 1 aliphatic carbocycles. The van der Waals surface area contributed by atoms with Gasteiger partial charge in [0, 0.05) is 24.3 Å². The number of carbonyl (C=O) groups excluding carboxylic acids is 1. The average Bonchev–Trinajstić information content (AvgIpc) is 3.42. The van der Waals surface area contributed by atoms with Gasteiger partial charge in [-0.1, -0.05) is 19.3 Å². The SMILES string of the molecule is CN(C)CCCNc1nccc(-c2[nH]c(C3OCC(C)(C(=O)NC4CCCCC4)CO3)nc2-c2ccc(F)cc2)n1. The lowest BCUT2D eigenvalue weighted by Gasteiger charge is -2.37. The summed E-state index contributed by atoms with van der Waals surface area (Å²) < 4.78 is 25.9. The first-order valence-corrected chi connectivity index (χ1v) is 14.4. The van der Waals surface area contributed by atoms with Gasteiger partial charge in [-0.15, -0.1) is 0 Å². The van der Waals surface area contributed by atoms with Gasteiger partial charge in [-0.3, -0.25) is 4.79 Å². The Kier molecular flexibility index (Phi) is 9.26. The Balaban J connectivity index is 1.33. The first kappa shape index (κ1) is 29.1. The van der Waals surface area contributed by atoms with E-state index in [1.165, 1.54) is 18.6 Å². The zero-order chi connectivity index (χ0) is 28.8. The summed E-state index contributed by atoms with van der Waals surface area (Å²) in [5, 5.41) is 6.47. The quantitative estimate of drug-likeness (QED) is 0.307. The summed E-state index contributed by atoms with van der Waals surface area (Å²) >= 11 is 0. The lowest BCUT2D eigenvalue weighted by Crippen LogP contribution is -2.51. The van der Waals surface area contributed by atoms with Gasteiger partial charge < -0.3 is 30.0 Å². The van der Waals surface area contributed by atoms with Crippen LogP contribution in [0.25, 0.3) is 22.6 Å². The molecule has 11 heteroatoms. The van der Waals surface area contributed by atoms with Crippen LogP contribution in [0.15, 0.2) is 36.5 Å². The molecule has 1 amide bonds. The molecule has 0 radical (unpaired) electrons. The third kappa shape index (κ3) is 7.27. The lowest BCUT2D eigenvalue weighted by atomic mass is 9.89. The van der Waals surface area contributed by atoms with E-state index in [1.807, 2.05) is 21.0 Å². The van der Waals surface area contributed by atoms with Crippen molar-refractivity contribution in [1.29, 1.82) is 0 Å². The highest BCUT2D eigenvalue weighted by molar-refractivity contribution is 5.83. The number of imidazole rings is 1. The van der Waals surface area contributed by atoms with Crippen molar-refractivity contribution in [2.24, 2.45) is 5.41 Å². The number of benzene rings is 1. The predicted octanol–water partition coefficient (Wildman–Crippen LogP) is 4.54. The Labute approximate surface area is 240 Å². The van der Waals surface area contributed by atoms with Gasteiger partial charge in [0.15, 0.2) is 5.82 Å². The fraction of sp³-hybridized carbons (Fsp3) is 0.533. The molecule has 0 spiro atoms. The molecule has 1 aliphatic heterocycles. The zero-order valence-electron chi connectivity index (χ0n) is 24.1. The molecule has 1 aromatic carbocycles. The van der Waals surface area contributed by atoms with Gasteiger partial charge in [0.05, 0.1) is 35.7 Å². The van der Waals surface area contributed by atoms with Crippen molar-refractivity contribution in [1.82, 2.24) is 30.2 Å². The molecule has 1 saturated carbocycles. The largest absolute Gasteiger partial charge is 0.354 e. The number of rotatable bonds is 10. The van der Waals surface area contributed by atoms with E-state index in [-0.39, 0.29) is 31.0 Å². The molecule has 1 saturated heterocycles. The predicted molar refractivity (Wildman–Crippen MR) is 154 cm³/mol. The van der Waals surface area contributed by atoms with E-state index in [1.54, 1.807) is 24.4 Å². The van der Waals surface area contributed by atoms with Crippen molar-refractivity contribution < 1.29 is 18.7 Å². The second-order valence-electron chi connectivity index (χ2n) is 11.5. The molecule has 5 rings (SSSR count). The van der Waals surface area contributed by atoms with Crippen molar-refractivity contribution in [3.63, 3.8) is 0 Å². The van der Waals surface area contributed by atoms with Gasteiger partial charge in [-0.05, 0) is 77.2 Å². The summed E-state index contributed by atoms with van der Waals surface area (Å²) in [5.74, 6) is 0.587. The van der Waals surface area contributed by atoms with Crippen LogP contribution in [0.4, 0.5) is 10.3 Å². The minimum Gasteiger partial charge on any atom is -0.354 e. The number of H-pyrrole nitrogens is 1. The normalized spacial score (nSPS) is 21.6. The van der Waals surface area contributed by atoms with Crippen molar-refractivity contribution in [2.45, 2.75) is 57.8 Å². The molecule has 3 N–H and O–H groups in total. The molecular formula is C30H40FN7O3. The monoisotopic (exact) mass is 565 g/mol. The maximum atomic E-state index is 13.7. The molecule has 41 heavy (non-hydrogen) atoms. The van der Waals surface area contributed by atoms with E-state index in [0.717, 1.165) is 50.8 Å². The second-order valence-corrected chi connectivity index (χ2v) is 11.5. The minimum absolute atomic E-state index is 0.0402. The van der Waals surface area contributed by atoms with Crippen LogP contribution >= 0.6 is 0 Å². The molecular weight excluding hydrogens is 525 g/mol. The fourth-order valence-electron chi connectivity index (χ4n) is 5.19. The van der Waals surface area contributed by atoms with Crippen LogP contribution in [0, 0.1) is 11.2 Å². The van der Waals surface area contributed by atoms with Crippen LogP contribution in [0.2, 0.25) is 0 Å². The summed E-state index contributed by atoms with van der Waals surface area (Å²) in [6.45, 7) is 3.96. The highest BCUT2D eigenvalue weighted by Crippen LogP contribution is 2.36. The molecule has 3 aromatic rings. The van der Waals surface area contributed by atoms with E-state index in [0.29, 0.717) is 28.9 Å². The van der Waals surface area contributed by atoms with E-state index in [2.05, 4.69) is 25.5 Å². The third-order valence-electron chi connectivity index (χ3n) is 7.64. The Morgan fingerprint density at radius 3 is 2.54 bits per heavy atom. The van der Waals surface area contributed by atoms with Crippen LogP contribution in [0.5, 0.6) is 0 Å². The number of amides is 1. The van der Waals surface area contributed by atoms with E-state index in [9.17, 15) is 9.18 Å². The summed E-state index contributed by atoms with van der Waals surface area (Å²) in [5.41, 5.74) is 1.79. The Bertz CT molecular complexity index is 1300. The molecule has 2 aromatic heterocycles. The smallest absolute Gasteiger partial charge is 0.230 e.